The van der Waals surface area contributed by atoms with Gasteiger partial charge in [-0.25, -0.2) is 0 Å². The van der Waals surface area contributed by atoms with Crippen molar-refractivity contribution in [3.05, 3.63) is 0 Å². The summed E-state index contributed by atoms with van der Waals surface area (Å²) >= 11 is 0. The topological polar surface area (TPSA) is 43.8 Å². The fourth-order valence-electron chi connectivity index (χ4n) is 2.33. The third kappa shape index (κ3) is 4.10. The Balaban J connectivity index is 2.28. The molecule has 1 saturated heterocycles. The van der Waals surface area contributed by atoms with Crippen LogP contribution in [0.2, 0.25) is 0 Å². The normalized spacial score (nSPS) is 18.7. The Bertz CT molecular complexity index is 213. The van der Waals surface area contributed by atoms with Gasteiger partial charge in [-0.2, -0.15) is 0 Å². The van der Waals surface area contributed by atoms with E-state index in [1.807, 2.05) is 11.8 Å². The molecule has 4 heteroatoms. The average molecular weight is 228 g/mol. The number of carbonyl (C=O) groups excluding carboxylic acids is 1. The number of aliphatic hydroxyl groups excluding tert-OH is 1. The fraction of sp³-hybridized carbons (Fsp3) is 0.917. The van der Waals surface area contributed by atoms with Crippen molar-refractivity contribution in [3.63, 3.8) is 0 Å². The minimum absolute atomic E-state index is 0.181. The van der Waals surface area contributed by atoms with Gasteiger partial charge in [0.25, 0.3) is 0 Å². The van der Waals surface area contributed by atoms with Crippen LogP contribution in [0, 0.1) is 5.92 Å². The molecule has 0 saturated carbocycles. The molecule has 4 nitrogen and oxygen atoms in total. The van der Waals surface area contributed by atoms with Crippen molar-refractivity contribution in [3.8, 4) is 0 Å². The first-order valence-electron chi connectivity index (χ1n) is 6.26. The highest BCUT2D eigenvalue weighted by molar-refractivity contribution is 5.73. The maximum Gasteiger partial charge on any atom is 0.219 e. The van der Waals surface area contributed by atoms with E-state index in [0.717, 1.165) is 45.6 Å². The van der Waals surface area contributed by atoms with Gasteiger partial charge < -0.3 is 14.9 Å². The number of hydrogen-bond acceptors (Lipinski definition) is 3. The molecule has 1 aliphatic heterocycles. The van der Waals surface area contributed by atoms with E-state index in [2.05, 4.69) is 4.90 Å². The molecule has 1 amide bonds. The second-order valence-corrected chi connectivity index (χ2v) is 4.57. The standard InChI is InChI=1S/C12H24N2O2/c1-3-14(11(2)16)10-12-4-6-13(7-5-12)8-9-15/h12,15H,3-10H2,1-2H3. The highest BCUT2D eigenvalue weighted by Gasteiger charge is 2.21. The smallest absolute Gasteiger partial charge is 0.219 e. The molecule has 0 spiro atoms. The SMILES string of the molecule is CCN(CC1CCN(CCO)CC1)C(C)=O. The van der Waals surface area contributed by atoms with Crippen LogP contribution in [-0.4, -0.2) is 60.1 Å². The Morgan fingerprint density at radius 1 is 1.44 bits per heavy atom. The van der Waals surface area contributed by atoms with Crippen molar-refractivity contribution in [1.29, 1.82) is 0 Å². The number of carbonyl (C=O) groups is 1. The van der Waals surface area contributed by atoms with E-state index in [-0.39, 0.29) is 12.5 Å². The van der Waals surface area contributed by atoms with Gasteiger partial charge in [-0.05, 0) is 38.8 Å². The molecule has 0 aromatic heterocycles. The number of rotatable bonds is 5. The number of nitrogens with zero attached hydrogens (tertiary/aromatic N) is 2. The predicted molar refractivity (Wildman–Crippen MR) is 64.2 cm³/mol. The Morgan fingerprint density at radius 3 is 2.50 bits per heavy atom. The van der Waals surface area contributed by atoms with Gasteiger partial charge in [0.2, 0.25) is 5.91 Å². The lowest BCUT2D eigenvalue weighted by molar-refractivity contribution is -0.129. The van der Waals surface area contributed by atoms with Crippen LogP contribution in [0.1, 0.15) is 26.7 Å². The summed E-state index contributed by atoms with van der Waals surface area (Å²) in [6, 6.07) is 0. The number of piperidine rings is 1. The summed E-state index contributed by atoms with van der Waals surface area (Å²) in [7, 11) is 0. The molecule has 94 valence electrons. The maximum absolute atomic E-state index is 11.3. The summed E-state index contributed by atoms with van der Waals surface area (Å²) in [6.45, 7) is 8.54. The monoisotopic (exact) mass is 228 g/mol. The number of aliphatic hydroxyl groups is 1. The maximum atomic E-state index is 11.3. The van der Waals surface area contributed by atoms with E-state index in [1.165, 1.54) is 0 Å². The Hall–Kier alpha value is -0.610. The molecule has 0 radical (unpaired) electrons. The van der Waals surface area contributed by atoms with Crippen LogP contribution in [0.5, 0.6) is 0 Å². The third-order valence-corrected chi connectivity index (χ3v) is 3.43. The van der Waals surface area contributed by atoms with E-state index < -0.39 is 0 Å². The lowest BCUT2D eigenvalue weighted by Crippen LogP contribution is -2.41. The number of amides is 1. The molecule has 1 rings (SSSR count). The Morgan fingerprint density at radius 2 is 2.06 bits per heavy atom. The summed E-state index contributed by atoms with van der Waals surface area (Å²) in [4.78, 5) is 15.5. The van der Waals surface area contributed by atoms with Gasteiger partial charge in [0.05, 0.1) is 6.61 Å². The number of β-amino-alcohol motifs (C(OH)–C–C–N with tert-alkyl or cyclic N) is 1. The van der Waals surface area contributed by atoms with E-state index in [4.69, 9.17) is 5.11 Å². The van der Waals surface area contributed by atoms with E-state index in [9.17, 15) is 4.79 Å². The van der Waals surface area contributed by atoms with E-state index in [0.29, 0.717) is 5.92 Å². The second kappa shape index (κ2) is 6.86. The first-order valence-corrected chi connectivity index (χ1v) is 6.26. The van der Waals surface area contributed by atoms with Gasteiger partial charge in [-0.3, -0.25) is 4.79 Å². The van der Waals surface area contributed by atoms with Crippen LogP contribution in [0.25, 0.3) is 0 Å². The van der Waals surface area contributed by atoms with Crippen molar-refractivity contribution in [2.75, 3.05) is 39.3 Å². The van der Waals surface area contributed by atoms with Crippen molar-refractivity contribution in [2.45, 2.75) is 26.7 Å². The van der Waals surface area contributed by atoms with Crippen molar-refractivity contribution >= 4 is 5.91 Å². The van der Waals surface area contributed by atoms with Gasteiger partial charge in [0.1, 0.15) is 0 Å². The highest BCUT2D eigenvalue weighted by Crippen LogP contribution is 2.18. The molecular formula is C12H24N2O2. The van der Waals surface area contributed by atoms with Crippen LogP contribution in [0.15, 0.2) is 0 Å². The molecule has 0 aromatic carbocycles. The molecule has 0 aromatic rings. The molecular weight excluding hydrogens is 204 g/mol. The molecule has 16 heavy (non-hydrogen) atoms. The van der Waals surface area contributed by atoms with Crippen LogP contribution < -0.4 is 0 Å². The van der Waals surface area contributed by atoms with Crippen molar-refractivity contribution < 1.29 is 9.90 Å². The molecule has 1 aliphatic rings. The predicted octanol–water partition coefficient (Wildman–Crippen LogP) is 0.559. The number of likely N-dealkylation sites (tertiary alicyclic amines) is 1. The Kier molecular flexibility index (Phi) is 5.77. The van der Waals surface area contributed by atoms with Gasteiger partial charge in [-0.1, -0.05) is 0 Å². The molecule has 0 unspecified atom stereocenters. The lowest BCUT2D eigenvalue weighted by atomic mass is 9.96. The first-order chi connectivity index (χ1) is 7.67. The Labute approximate surface area is 98.2 Å². The second-order valence-electron chi connectivity index (χ2n) is 4.57. The zero-order chi connectivity index (χ0) is 12.0. The van der Waals surface area contributed by atoms with Crippen LogP contribution in [-0.2, 0) is 4.79 Å². The van der Waals surface area contributed by atoms with Crippen molar-refractivity contribution in [1.82, 2.24) is 9.80 Å². The molecule has 1 N–H and O–H groups in total. The van der Waals surface area contributed by atoms with Crippen LogP contribution in [0.4, 0.5) is 0 Å². The first kappa shape index (κ1) is 13.5. The van der Waals surface area contributed by atoms with Crippen molar-refractivity contribution in [2.24, 2.45) is 5.92 Å². The van der Waals surface area contributed by atoms with Gasteiger partial charge in [-0.15, -0.1) is 0 Å². The fourth-order valence-corrected chi connectivity index (χ4v) is 2.33. The van der Waals surface area contributed by atoms with Gasteiger partial charge in [0.15, 0.2) is 0 Å². The largest absolute Gasteiger partial charge is 0.395 e. The summed E-state index contributed by atoms with van der Waals surface area (Å²) in [5.41, 5.74) is 0. The molecule has 1 fully saturated rings. The lowest BCUT2D eigenvalue weighted by Gasteiger charge is -2.34. The summed E-state index contributed by atoms with van der Waals surface area (Å²) in [5.74, 6) is 0.819. The average Bonchev–Trinajstić information content (AvgIpc) is 2.28. The highest BCUT2D eigenvalue weighted by atomic mass is 16.3. The summed E-state index contributed by atoms with van der Waals surface area (Å²) in [5, 5.41) is 8.85. The molecule has 0 bridgehead atoms. The summed E-state index contributed by atoms with van der Waals surface area (Å²) in [6.07, 6.45) is 2.29. The minimum Gasteiger partial charge on any atom is -0.395 e. The van der Waals surface area contributed by atoms with E-state index in [1.54, 1.807) is 6.92 Å². The summed E-state index contributed by atoms with van der Waals surface area (Å²) < 4.78 is 0. The van der Waals surface area contributed by atoms with E-state index >= 15 is 0 Å². The number of hydrogen-bond donors (Lipinski definition) is 1. The quantitative estimate of drug-likeness (QED) is 0.748. The molecule has 0 aliphatic carbocycles. The van der Waals surface area contributed by atoms with Gasteiger partial charge >= 0.3 is 0 Å². The zero-order valence-electron chi connectivity index (χ0n) is 10.5. The zero-order valence-corrected chi connectivity index (χ0v) is 10.5. The molecule has 0 atom stereocenters. The van der Waals surface area contributed by atoms with Gasteiger partial charge in [0, 0.05) is 26.6 Å². The minimum atomic E-state index is 0.181. The van der Waals surface area contributed by atoms with Crippen LogP contribution in [0.3, 0.4) is 0 Å². The molecule has 1 heterocycles. The van der Waals surface area contributed by atoms with Crippen LogP contribution >= 0.6 is 0 Å². The third-order valence-electron chi connectivity index (χ3n) is 3.43.